The minimum absolute atomic E-state index is 0.205. The highest BCUT2D eigenvalue weighted by Crippen LogP contribution is 2.29. The summed E-state index contributed by atoms with van der Waals surface area (Å²) in [5.74, 6) is -0.408. The van der Waals surface area contributed by atoms with E-state index in [4.69, 9.17) is 4.74 Å². The zero-order chi connectivity index (χ0) is 23.4. The average Bonchev–Trinajstić information content (AvgIpc) is 3.46. The van der Waals surface area contributed by atoms with Crippen molar-refractivity contribution in [3.63, 3.8) is 0 Å². The van der Waals surface area contributed by atoms with Crippen LogP contribution in [0.5, 0.6) is 0 Å². The van der Waals surface area contributed by atoms with Gasteiger partial charge in [-0.25, -0.2) is 9.18 Å². The quantitative estimate of drug-likeness (QED) is 0.543. The number of carbonyl (C=O) groups excluding carboxylic acids is 2. The van der Waals surface area contributed by atoms with E-state index in [1.807, 2.05) is 12.1 Å². The second-order valence-electron chi connectivity index (χ2n) is 8.09. The molecule has 0 aliphatic carbocycles. The van der Waals surface area contributed by atoms with E-state index in [1.54, 1.807) is 24.5 Å². The maximum Gasteiger partial charge on any atom is 0.414 e. The number of nitrogens with one attached hydrogen (secondary N) is 2. The van der Waals surface area contributed by atoms with E-state index in [0.717, 1.165) is 24.2 Å². The van der Waals surface area contributed by atoms with Crippen LogP contribution in [0.25, 0.3) is 11.1 Å². The van der Waals surface area contributed by atoms with Gasteiger partial charge in [-0.05, 0) is 37.1 Å². The summed E-state index contributed by atoms with van der Waals surface area (Å²) in [7, 11) is 0. The molecule has 172 valence electrons. The largest absolute Gasteiger partial charge is 0.442 e. The van der Waals surface area contributed by atoms with Gasteiger partial charge >= 0.3 is 6.09 Å². The number of anilines is 1. The van der Waals surface area contributed by atoms with Gasteiger partial charge < -0.3 is 10.1 Å². The van der Waals surface area contributed by atoms with Crippen LogP contribution in [-0.4, -0.2) is 51.6 Å². The van der Waals surface area contributed by atoms with Crippen LogP contribution in [-0.2, 0) is 16.0 Å². The van der Waals surface area contributed by atoms with Crippen LogP contribution in [0.3, 0.4) is 0 Å². The molecule has 2 atom stereocenters. The fourth-order valence-corrected chi connectivity index (χ4v) is 3.69. The Hall–Kier alpha value is -3.82. The Morgan fingerprint density at radius 3 is 2.85 bits per heavy atom. The number of hydrogen-bond donors (Lipinski definition) is 2. The van der Waals surface area contributed by atoms with E-state index < -0.39 is 18.0 Å². The molecular formula is C23H25FN6O3. The van der Waals surface area contributed by atoms with Gasteiger partial charge in [-0.15, -0.1) is 0 Å². The predicted molar refractivity (Wildman–Crippen MR) is 119 cm³/mol. The van der Waals surface area contributed by atoms with Crippen LogP contribution in [0.1, 0.15) is 37.6 Å². The molecule has 9 nitrogen and oxygen atoms in total. The van der Waals surface area contributed by atoms with Gasteiger partial charge in [0, 0.05) is 35.9 Å². The van der Waals surface area contributed by atoms with Crippen molar-refractivity contribution in [1.29, 1.82) is 0 Å². The molecule has 2 amide bonds. The van der Waals surface area contributed by atoms with Crippen molar-refractivity contribution in [2.45, 2.75) is 38.7 Å². The number of aromatic amines is 1. The maximum atomic E-state index is 14.9. The van der Waals surface area contributed by atoms with Crippen LogP contribution in [0, 0.1) is 5.82 Å². The zero-order valence-corrected chi connectivity index (χ0v) is 18.4. The van der Waals surface area contributed by atoms with Crippen LogP contribution in [0.15, 0.2) is 42.7 Å². The van der Waals surface area contributed by atoms with Crippen molar-refractivity contribution in [2.75, 3.05) is 18.0 Å². The van der Waals surface area contributed by atoms with Gasteiger partial charge in [0.1, 0.15) is 11.9 Å². The highest BCUT2D eigenvalue weighted by molar-refractivity contribution is 5.90. The van der Waals surface area contributed by atoms with E-state index >= 15 is 0 Å². The molecule has 1 aliphatic heterocycles. The van der Waals surface area contributed by atoms with E-state index in [1.165, 1.54) is 17.9 Å². The second kappa shape index (κ2) is 9.76. The summed E-state index contributed by atoms with van der Waals surface area (Å²) in [5, 5.41) is 13.2. The van der Waals surface area contributed by atoms with Gasteiger partial charge in [0.05, 0.1) is 30.7 Å². The maximum absolute atomic E-state index is 14.9. The SMILES string of the molecule is CC(=O)NC[C@H]1CN(c2ccc(-c3ccc(CCC(C)c4cn[nH]n4)nc3)c(F)c2)C(=O)O1. The third-order valence-corrected chi connectivity index (χ3v) is 5.62. The van der Waals surface area contributed by atoms with Gasteiger partial charge in [0.2, 0.25) is 5.91 Å². The molecule has 1 saturated heterocycles. The summed E-state index contributed by atoms with van der Waals surface area (Å²) >= 11 is 0. The van der Waals surface area contributed by atoms with Crippen LogP contribution in [0.4, 0.5) is 14.9 Å². The molecule has 33 heavy (non-hydrogen) atoms. The van der Waals surface area contributed by atoms with Crippen molar-refractivity contribution in [2.24, 2.45) is 0 Å². The van der Waals surface area contributed by atoms with E-state index in [2.05, 4.69) is 32.6 Å². The van der Waals surface area contributed by atoms with Crippen molar-refractivity contribution < 1.29 is 18.7 Å². The van der Waals surface area contributed by atoms with Gasteiger partial charge in [0.25, 0.3) is 0 Å². The molecule has 1 fully saturated rings. The third-order valence-electron chi connectivity index (χ3n) is 5.62. The Labute approximate surface area is 190 Å². The van der Waals surface area contributed by atoms with Gasteiger partial charge in [-0.2, -0.15) is 15.4 Å². The number of hydrogen-bond acceptors (Lipinski definition) is 6. The first-order chi connectivity index (χ1) is 15.9. The fourth-order valence-electron chi connectivity index (χ4n) is 3.69. The minimum atomic E-state index is -0.566. The Balaban J connectivity index is 1.39. The summed E-state index contributed by atoms with van der Waals surface area (Å²) in [5.41, 5.74) is 3.28. The normalized spacial score (nSPS) is 16.5. The molecule has 2 N–H and O–H groups in total. The predicted octanol–water partition coefficient (Wildman–Crippen LogP) is 3.20. The third kappa shape index (κ3) is 5.33. The zero-order valence-electron chi connectivity index (χ0n) is 18.4. The number of nitrogens with zero attached hydrogens (tertiary/aromatic N) is 4. The molecular weight excluding hydrogens is 427 g/mol. The lowest BCUT2D eigenvalue weighted by Gasteiger charge is -2.14. The Kier molecular flexibility index (Phi) is 6.62. The molecule has 0 radical (unpaired) electrons. The number of aryl methyl sites for hydroxylation is 1. The highest BCUT2D eigenvalue weighted by atomic mass is 19.1. The molecule has 0 bridgehead atoms. The first-order valence-electron chi connectivity index (χ1n) is 10.7. The molecule has 1 aromatic carbocycles. The first kappa shape index (κ1) is 22.4. The molecule has 2 aromatic heterocycles. The van der Waals surface area contributed by atoms with Gasteiger partial charge in [-0.1, -0.05) is 13.0 Å². The number of rotatable bonds is 8. The highest BCUT2D eigenvalue weighted by Gasteiger charge is 2.32. The van der Waals surface area contributed by atoms with E-state index in [-0.39, 0.29) is 24.9 Å². The lowest BCUT2D eigenvalue weighted by Crippen LogP contribution is -2.33. The Morgan fingerprint density at radius 1 is 1.33 bits per heavy atom. The lowest BCUT2D eigenvalue weighted by atomic mass is 10.0. The van der Waals surface area contributed by atoms with Gasteiger partial charge in [0.15, 0.2) is 0 Å². The summed E-state index contributed by atoms with van der Waals surface area (Å²) in [6.45, 7) is 3.93. The molecule has 1 aliphatic rings. The number of aromatic nitrogens is 4. The monoisotopic (exact) mass is 452 g/mol. The van der Waals surface area contributed by atoms with Crippen molar-refractivity contribution in [3.8, 4) is 11.1 Å². The molecule has 4 rings (SSSR count). The van der Waals surface area contributed by atoms with Crippen LogP contribution >= 0.6 is 0 Å². The van der Waals surface area contributed by atoms with E-state index in [9.17, 15) is 14.0 Å². The number of H-pyrrole nitrogens is 1. The topological polar surface area (TPSA) is 113 Å². The van der Waals surface area contributed by atoms with Crippen molar-refractivity contribution >= 4 is 17.7 Å². The minimum Gasteiger partial charge on any atom is -0.442 e. The first-order valence-corrected chi connectivity index (χ1v) is 10.7. The standard InChI is InChI=1S/C23H25FN6O3/c1-14(22-12-27-29-28-22)3-5-17-6-4-16(10-26-17)20-8-7-18(9-21(20)24)30-13-19(33-23(30)32)11-25-15(2)31/h4,6-10,12,14,19H,3,5,11,13H2,1-2H3,(H,25,31)(H,27,28,29)/t14?,19-/m0/s1. The number of cyclic esters (lactones) is 1. The van der Waals surface area contributed by atoms with Crippen LogP contribution in [0.2, 0.25) is 0 Å². The Bertz CT molecular complexity index is 1120. The number of pyridine rings is 1. The molecule has 3 aromatic rings. The fraction of sp³-hybridized carbons (Fsp3) is 0.348. The molecule has 10 heteroatoms. The number of halogens is 1. The summed E-state index contributed by atoms with van der Waals surface area (Å²) in [6.07, 6.45) is 3.97. The summed E-state index contributed by atoms with van der Waals surface area (Å²) in [6, 6.07) is 8.35. The summed E-state index contributed by atoms with van der Waals surface area (Å²) < 4.78 is 20.1. The molecule has 1 unspecified atom stereocenters. The van der Waals surface area contributed by atoms with Crippen molar-refractivity contribution in [3.05, 3.63) is 59.9 Å². The smallest absolute Gasteiger partial charge is 0.414 e. The molecule has 3 heterocycles. The molecule has 0 saturated carbocycles. The van der Waals surface area contributed by atoms with Crippen molar-refractivity contribution in [1.82, 2.24) is 25.7 Å². The van der Waals surface area contributed by atoms with Crippen LogP contribution < -0.4 is 10.2 Å². The van der Waals surface area contributed by atoms with E-state index in [0.29, 0.717) is 16.8 Å². The summed E-state index contributed by atoms with van der Waals surface area (Å²) in [4.78, 5) is 29.1. The number of benzene rings is 1. The second-order valence-corrected chi connectivity index (χ2v) is 8.09. The average molecular weight is 452 g/mol. The number of carbonyl (C=O) groups is 2. The molecule has 0 spiro atoms. The number of amides is 2. The Morgan fingerprint density at radius 2 is 2.18 bits per heavy atom. The van der Waals surface area contributed by atoms with Gasteiger partial charge in [-0.3, -0.25) is 14.7 Å². The number of ether oxygens (including phenoxy) is 1. The lowest BCUT2D eigenvalue weighted by molar-refractivity contribution is -0.119.